The van der Waals surface area contributed by atoms with Gasteiger partial charge in [0, 0.05) is 7.05 Å². The second-order valence-corrected chi connectivity index (χ2v) is 4.11. The molecule has 0 aliphatic rings. The molecule has 0 fully saturated rings. The van der Waals surface area contributed by atoms with Crippen LogP contribution in [0.2, 0.25) is 0 Å². The first-order chi connectivity index (χ1) is 7.15. The molecule has 0 saturated carbocycles. The number of likely N-dealkylation sites (N-methyl/N-ethyl adjacent to an activating group) is 1. The molecule has 0 radical (unpaired) electrons. The van der Waals surface area contributed by atoms with E-state index in [4.69, 9.17) is 9.84 Å². The first kappa shape index (κ1) is 17.1. The third-order valence-corrected chi connectivity index (χ3v) is 1.62. The molecule has 0 aliphatic carbocycles. The molecule has 0 saturated heterocycles. The Labute approximate surface area is 97.4 Å². The van der Waals surface area contributed by atoms with Crippen LogP contribution in [0.1, 0.15) is 41.5 Å². The second kappa shape index (κ2) is 7.09. The van der Waals surface area contributed by atoms with Crippen molar-refractivity contribution in [2.45, 2.75) is 53.2 Å². The van der Waals surface area contributed by atoms with Crippen molar-refractivity contribution in [3.8, 4) is 0 Å². The van der Waals surface area contributed by atoms with Gasteiger partial charge in [0.2, 0.25) is 0 Å². The van der Waals surface area contributed by atoms with E-state index in [1.165, 1.54) is 14.0 Å². The smallest absolute Gasteiger partial charge is 0.410 e. The number of carboxylic acids is 1. The van der Waals surface area contributed by atoms with E-state index in [1.54, 1.807) is 20.8 Å². The Bertz CT molecular complexity index is 233. The van der Waals surface area contributed by atoms with Gasteiger partial charge in [-0.15, -0.1) is 0 Å². The molecule has 5 nitrogen and oxygen atoms in total. The highest BCUT2D eigenvalue weighted by Crippen LogP contribution is 2.10. The van der Waals surface area contributed by atoms with E-state index in [1.807, 2.05) is 13.8 Å². The lowest BCUT2D eigenvalue weighted by molar-refractivity contribution is -0.141. The van der Waals surface area contributed by atoms with Crippen molar-refractivity contribution in [1.82, 2.24) is 4.90 Å². The normalized spacial score (nSPS) is 11.9. The van der Waals surface area contributed by atoms with Crippen LogP contribution in [0, 0.1) is 0 Å². The number of aliphatic carboxylic acids is 1. The quantitative estimate of drug-likeness (QED) is 0.795. The molecule has 1 amide bonds. The predicted octanol–water partition coefficient (Wildman–Crippen LogP) is 2.35. The van der Waals surface area contributed by atoms with E-state index in [9.17, 15) is 9.59 Å². The predicted molar refractivity (Wildman–Crippen MR) is 62.4 cm³/mol. The van der Waals surface area contributed by atoms with Gasteiger partial charge in [-0.05, 0) is 27.7 Å². The average molecular weight is 233 g/mol. The molecule has 0 spiro atoms. The summed E-state index contributed by atoms with van der Waals surface area (Å²) < 4.78 is 4.99. The molecule has 1 N–H and O–H groups in total. The lowest BCUT2D eigenvalue weighted by atomic mass is 10.2. The van der Waals surface area contributed by atoms with Gasteiger partial charge in [0.05, 0.1) is 0 Å². The Balaban J connectivity index is 0. The molecule has 0 aliphatic heterocycles. The minimum atomic E-state index is -1.06. The standard InChI is InChI=1S/C9H17NO4.C2H6/c1-6(7(11)12)10(5)8(13)14-9(2,3)4;1-2/h6H,1-5H3,(H,11,12);1-2H3/t6-;/m0./s1. The summed E-state index contributed by atoms with van der Waals surface area (Å²) in [5, 5.41) is 8.65. The maximum Gasteiger partial charge on any atom is 0.410 e. The van der Waals surface area contributed by atoms with Crippen LogP contribution in [0.25, 0.3) is 0 Å². The number of hydrogen-bond donors (Lipinski definition) is 1. The Hall–Kier alpha value is -1.26. The Morgan fingerprint density at radius 2 is 1.62 bits per heavy atom. The Morgan fingerprint density at radius 3 is 1.88 bits per heavy atom. The highest BCUT2D eigenvalue weighted by Gasteiger charge is 2.26. The summed E-state index contributed by atoms with van der Waals surface area (Å²) in [6, 6.07) is -0.884. The molecular weight excluding hydrogens is 210 g/mol. The van der Waals surface area contributed by atoms with Crippen molar-refractivity contribution in [3.05, 3.63) is 0 Å². The van der Waals surface area contributed by atoms with E-state index in [0.29, 0.717) is 0 Å². The third-order valence-electron chi connectivity index (χ3n) is 1.62. The largest absolute Gasteiger partial charge is 0.480 e. The molecule has 0 aromatic heterocycles. The number of carbonyl (C=O) groups excluding carboxylic acids is 1. The fourth-order valence-corrected chi connectivity index (χ4v) is 0.658. The number of amides is 1. The fourth-order valence-electron chi connectivity index (χ4n) is 0.658. The highest BCUT2D eigenvalue weighted by atomic mass is 16.6. The number of carbonyl (C=O) groups is 2. The van der Waals surface area contributed by atoms with Crippen LogP contribution >= 0.6 is 0 Å². The molecule has 0 rings (SSSR count). The van der Waals surface area contributed by atoms with E-state index in [-0.39, 0.29) is 0 Å². The third kappa shape index (κ3) is 7.09. The van der Waals surface area contributed by atoms with Gasteiger partial charge in [0.15, 0.2) is 0 Å². The summed E-state index contributed by atoms with van der Waals surface area (Å²) in [6.45, 7) is 10.6. The second-order valence-electron chi connectivity index (χ2n) is 4.11. The zero-order valence-electron chi connectivity index (χ0n) is 11.2. The fraction of sp³-hybridized carbons (Fsp3) is 0.818. The van der Waals surface area contributed by atoms with Gasteiger partial charge in [-0.25, -0.2) is 9.59 Å². The number of nitrogens with zero attached hydrogens (tertiary/aromatic N) is 1. The Kier molecular flexibility index (Phi) is 7.59. The number of ether oxygens (including phenoxy) is 1. The number of rotatable bonds is 2. The van der Waals surface area contributed by atoms with Crippen LogP contribution in [0.4, 0.5) is 4.79 Å². The summed E-state index contributed by atoms with van der Waals surface area (Å²) in [4.78, 5) is 23.0. The summed E-state index contributed by atoms with van der Waals surface area (Å²) in [5.74, 6) is -1.06. The van der Waals surface area contributed by atoms with Gasteiger partial charge >= 0.3 is 12.1 Å². The molecule has 0 bridgehead atoms. The lowest BCUT2D eigenvalue weighted by Gasteiger charge is -2.26. The van der Waals surface area contributed by atoms with Gasteiger partial charge in [0.25, 0.3) is 0 Å². The van der Waals surface area contributed by atoms with Crippen LogP contribution in [0.5, 0.6) is 0 Å². The van der Waals surface area contributed by atoms with Crippen LogP contribution in [-0.4, -0.2) is 40.8 Å². The van der Waals surface area contributed by atoms with Crippen molar-refractivity contribution < 1.29 is 19.4 Å². The van der Waals surface area contributed by atoms with Gasteiger partial charge in [0.1, 0.15) is 11.6 Å². The van der Waals surface area contributed by atoms with Crippen LogP contribution < -0.4 is 0 Å². The first-order valence-corrected chi connectivity index (χ1v) is 5.34. The topological polar surface area (TPSA) is 66.8 Å². The average Bonchev–Trinajstić information content (AvgIpc) is 2.15. The van der Waals surface area contributed by atoms with Gasteiger partial charge in [-0.3, -0.25) is 4.90 Å². The molecule has 5 heteroatoms. The zero-order chi connectivity index (χ0) is 13.5. The molecule has 96 valence electrons. The first-order valence-electron chi connectivity index (χ1n) is 5.34. The molecule has 1 atom stereocenters. The summed E-state index contributed by atoms with van der Waals surface area (Å²) in [5.41, 5.74) is -0.608. The van der Waals surface area contributed by atoms with E-state index >= 15 is 0 Å². The van der Waals surface area contributed by atoms with Crippen molar-refractivity contribution in [2.75, 3.05) is 7.05 Å². The van der Waals surface area contributed by atoms with Gasteiger partial charge in [-0.1, -0.05) is 13.8 Å². The zero-order valence-corrected chi connectivity index (χ0v) is 11.2. The van der Waals surface area contributed by atoms with E-state index < -0.39 is 23.7 Å². The van der Waals surface area contributed by atoms with Crippen molar-refractivity contribution in [2.24, 2.45) is 0 Å². The number of hydrogen-bond acceptors (Lipinski definition) is 3. The highest BCUT2D eigenvalue weighted by molar-refractivity contribution is 5.79. The van der Waals surface area contributed by atoms with Crippen LogP contribution in [0.3, 0.4) is 0 Å². The molecule has 0 aromatic rings. The molecule has 0 unspecified atom stereocenters. The molecular formula is C11H23NO4. The number of carboxylic acid groups (broad SMARTS) is 1. The van der Waals surface area contributed by atoms with E-state index in [2.05, 4.69) is 0 Å². The van der Waals surface area contributed by atoms with Crippen molar-refractivity contribution >= 4 is 12.1 Å². The summed E-state index contributed by atoms with van der Waals surface area (Å²) in [6.07, 6.45) is -0.632. The summed E-state index contributed by atoms with van der Waals surface area (Å²) in [7, 11) is 1.40. The SMILES string of the molecule is CC.C[C@@H](C(=O)O)N(C)C(=O)OC(C)(C)C. The van der Waals surface area contributed by atoms with E-state index in [0.717, 1.165) is 4.90 Å². The van der Waals surface area contributed by atoms with Crippen LogP contribution in [0.15, 0.2) is 0 Å². The van der Waals surface area contributed by atoms with Gasteiger partial charge in [-0.2, -0.15) is 0 Å². The monoisotopic (exact) mass is 233 g/mol. The Morgan fingerprint density at radius 1 is 1.25 bits per heavy atom. The minimum absolute atomic E-state index is 0.608. The van der Waals surface area contributed by atoms with Crippen molar-refractivity contribution in [1.29, 1.82) is 0 Å². The summed E-state index contributed by atoms with van der Waals surface area (Å²) >= 11 is 0. The molecule has 16 heavy (non-hydrogen) atoms. The lowest BCUT2D eigenvalue weighted by Crippen LogP contribution is -2.43. The maximum absolute atomic E-state index is 11.3. The van der Waals surface area contributed by atoms with Crippen LogP contribution in [-0.2, 0) is 9.53 Å². The molecule has 0 heterocycles. The molecule has 0 aromatic carbocycles. The maximum atomic E-state index is 11.3. The minimum Gasteiger partial charge on any atom is -0.480 e. The van der Waals surface area contributed by atoms with Gasteiger partial charge < -0.3 is 9.84 Å². The van der Waals surface area contributed by atoms with Crippen molar-refractivity contribution in [3.63, 3.8) is 0 Å².